The Hall–Kier alpha value is -2.36. The maximum absolute atomic E-state index is 13.8. The summed E-state index contributed by atoms with van der Waals surface area (Å²) in [6, 6.07) is 11.6. The maximum atomic E-state index is 13.8. The molecule has 1 amide bonds. The molecule has 2 aromatic carbocycles. The highest BCUT2D eigenvalue weighted by atomic mass is 19.1. The number of carbonyl (C=O) groups is 1. The number of benzene rings is 2. The molecule has 3 nitrogen and oxygen atoms in total. The van der Waals surface area contributed by atoms with E-state index in [-0.39, 0.29) is 11.5 Å². The van der Waals surface area contributed by atoms with Crippen molar-refractivity contribution in [2.75, 3.05) is 17.2 Å². The van der Waals surface area contributed by atoms with E-state index in [1.165, 1.54) is 23.1 Å². The van der Waals surface area contributed by atoms with Gasteiger partial charge in [-0.2, -0.15) is 0 Å². The van der Waals surface area contributed by atoms with Crippen LogP contribution in [0.25, 0.3) is 0 Å². The monoisotopic (exact) mass is 272 g/mol. The quantitative estimate of drug-likeness (QED) is 0.871. The van der Waals surface area contributed by atoms with Gasteiger partial charge in [0.05, 0.1) is 5.56 Å². The van der Waals surface area contributed by atoms with Gasteiger partial charge in [0.1, 0.15) is 5.82 Å². The smallest absolute Gasteiger partial charge is 0.261 e. The Bertz CT molecular complexity index is 623. The fourth-order valence-electron chi connectivity index (χ4n) is 2.02. The van der Waals surface area contributed by atoms with Crippen molar-refractivity contribution in [3.05, 3.63) is 59.4 Å². The fourth-order valence-corrected chi connectivity index (χ4v) is 2.02. The zero-order valence-corrected chi connectivity index (χ0v) is 11.6. The summed E-state index contributed by atoms with van der Waals surface area (Å²) >= 11 is 0. The third-order valence-electron chi connectivity index (χ3n) is 3.13. The lowest BCUT2D eigenvalue weighted by molar-refractivity contribution is 0.0984. The van der Waals surface area contributed by atoms with E-state index >= 15 is 0 Å². The maximum Gasteiger partial charge on any atom is 0.261 e. The fraction of sp³-hybridized carbons (Fsp3) is 0.188. The topological polar surface area (TPSA) is 46.3 Å². The van der Waals surface area contributed by atoms with Crippen LogP contribution in [0, 0.1) is 12.7 Å². The molecule has 0 aliphatic carbocycles. The van der Waals surface area contributed by atoms with E-state index in [9.17, 15) is 9.18 Å². The summed E-state index contributed by atoms with van der Waals surface area (Å²) in [6.07, 6.45) is 0. The minimum Gasteiger partial charge on any atom is -0.399 e. The zero-order chi connectivity index (χ0) is 14.7. The predicted molar refractivity (Wildman–Crippen MR) is 79.3 cm³/mol. The summed E-state index contributed by atoms with van der Waals surface area (Å²) in [5.74, 6) is -0.948. The van der Waals surface area contributed by atoms with Gasteiger partial charge in [-0.1, -0.05) is 17.7 Å². The number of nitrogens with zero attached hydrogens (tertiary/aromatic N) is 1. The van der Waals surface area contributed by atoms with Crippen LogP contribution in [0.1, 0.15) is 22.8 Å². The van der Waals surface area contributed by atoms with Crippen molar-refractivity contribution in [3.8, 4) is 0 Å². The van der Waals surface area contributed by atoms with Gasteiger partial charge >= 0.3 is 0 Å². The Morgan fingerprint density at radius 2 is 1.85 bits per heavy atom. The molecule has 2 rings (SSSR count). The van der Waals surface area contributed by atoms with Crippen molar-refractivity contribution >= 4 is 17.3 Å². The van der Waals surface area contributed by atoms with Crippen LogP contribution >= 0.6 is 0 Å². The van der Waals surface area contributed by atoms with E-state index in [2.05, 4.69) is 0 Å². The largest absolute Gasteiger partial charge is 0.399 e. The summed E-state index contributed by atoms with van der Waals surface area (Å²) in [5, 5.41) is 0. The first-order valence-corrected chi connectivity index (χ1v) is 6.46. The van der Waals surface area contributed by atoms with E-state index in [0.717, 1.165) is 11.3 Å². The Kier molecular flexibility index (Phi) is 4.03. The summed E-state index contributed by atoms with van der Waals surface area (Å²) in [7, 11) is 0. The van der Waals surface area contributed by atoms with Crippen molar-refractivity contribution < 1.29 is 9.18 Å². The normalized spacial score (nSPS) is 10.3. The third kappa shape index (κ3) is 2.79. The van der Waals surface area contributed by atoms with Gasteiger partial charge in [0, 0.05) is 17.9 Å². The molecule has 0 radical (unpaired) electrons. The first-order valence-electron chi connectivity index (χ1n) is 6.46. The number of hydrogen-bond acceptors (Lipinski definition) is 2. The van der Waals surface area contributed by atoms with Crippen molar-refractivity contribution in [2.24, 2.45) is 0 Å². The molecule has 0 aromatic heterocycles. The van der Waals surface area contributed by atoms with Crippen molar-refractivity contribution in [2.45, 2.75) is 13.8 Å². The molecule has 2 aromatic rings. The van der Waals surface area contributed by atoms with Crippen LogP contribution < -0.4 is 10.6 Å². The summed E-state index contributed by atoms with van der Waals surface area (Å²) < 4.78 is 13.8. The lowest BCUT2D eigenvalue weighted by atomic mass is 10.1. The Morgan fingerprint density at radius 3 is 2.45 bits per heavy atom. The Balaban J connectivity index is 2.38. The van der Waals surface area contributed by atoms with Crippen molar-refractivity contribution in [3.63, 3.8) is 0 Å². The second-order valence-electron chi connectivity index (χ2n) is 4.62. The molecule has 0 saturated heterocycles. The van der Waals surface area contributed by atoms with Crippen molar-refractivity contribution in [1.82, 2.24) is 0 Å². The molecule has 0 bridgehead atoms. The molecule has 2 N–H and O–H groups in total. The average molecular weight is 272 g/mol. The number of rotatable bonds is 3. The van der Waals surface area contributed by atoms with Crippen LogP contribution in [-0.2, 0) is 0 Å². The number of nitrogen functional groups attached to an aromatic ring is 1. The number of hydrogen-bond donors (Lipinski definition) is 1. The summed E-state index contributed by atoms with van der Waals surface area (Å²) in [5.41, 5.74) is 7.84. The van der Waals surface area contributed by atoms with Gasteiger partial charge in [0.15, 0.2) is 0 Å². The summed E-state index contributed by atoms with van der Waals surface area (Å²) in [4.78, 5) is 14.0. The predicted octanol–water partition coefficient (Wildman–Crippen LogP) is 3.38. The van der Waals surface area contributed by atoms with Gasteiger partial charge in [0.25, 0.3) is 5.91 Å². The van der Waals surface area contributed by atoms with Crippen LogP contribution in [0.5, 0.6) is 0 Å². The number of anilines is 2. The lowest BCUT2D eigenvalue weighted by Gasteiger charge is -2.21. The van der Waals surface area contributed by atoms with Gasteiger partial charge < -0.3 is 10.6 Å². The highest BCUT2D eigenvalue weighted by Gasteiger charge is 2.19. The highest BCUT2D eigenvalue weighted by Crippen LogP contribution is 2.20. The van der Waals surface area contributed by atoms with Crippen LogP contribution in [0.2, 0.25) is 0 Å². The van der Waals surface area contributed by atoms with Crippen LogP contribution in [0.3, 0.4) is 0 Å². The third-order valence-corrected chi connectivity index (χ3v) is 3.13. The molecule has 0 saturated carbocycles. The minimum atomic E-state index is -0.560. The number of aryl methyl sites for hydroxylation is 1. The number of nitrogens with two attached hydrogens (primary N) is 1. The Labute approximate surface area is 117 Å². The molecule has 0 unspecified atom stereocenters. The minimum absolute atomic E-state index is 0.00701. The van der Waals surface area contributed by atoms with Gasteiger partial charge in [-0.15, -0.1) is 0 Å². The van der Waals surface area contributed by atoms with Crippen molar-refractivity contribution in [1.29, 1.82) is 0 Å². The lowest BCUT2D eigenvalue weighted by Crippen LogP contribution is -2.31. The van der Waals surface area contributed by atoms with Crippen LogP contribution in [0.4, 0.5) is 15.8 Å². The van der Waals surface area contributed by atoms with Gasteiger partial charge in [-0.25, -0.2) is 4.39 Å². The first kappa shape index (κ1) is 14.1. The molecule has 0 atom stereocenters. The van der Waals surface area contributed by atoms with Gasteiger partial charge in [-0.3, -0.25) is 4.79 Å². The molecule has 104 valence electrons. The molecule has 0 aliphatic heterocycles. The van der Waals surface area contributed by atoms with E-state index in [1.807, 2.05) is 38.1 Å². The van der Waals surface area contributed by atoms with Crippen LogP contribution in [0.15, 0.2) is 42.5 Å². The molecular formula is C16H17FN2O. The zero-order valence-electron chi connectivity index (χ0n) is 11.6. The molecule has 4 heteroatoms. The van der Waals surface area contributed by atoms with E-state index in [4.69, 9.17) is 5.73 Å². The van der Waals surface area contributed by atoms with E-state index < -0.39 is 5.82 Å². The molecule has 20 heavy (non-hydrogen) atoms. The van der Waals surface area contributed by atoms with Gasteiger partial charge in [0.2, 0.25) is 0 Å². The molecule has 0 heterocycles. The number of amides is 1. The average Bonchev–Trinajstić information content (AvgIpc) is 2.44. The molecule has 0 spiro atoms. The summed E-state index contributed by atoms with van der Waals surface area (Å²) in [6.45, 7) is 4.28. The number of carbonyl (C=O) groups excluding carboxylic acids is 1. The van der Waals surface area contributed by atoms with E-state index in [0.29, 0.717) is 12.2 Å². The standard InChI is InChI=1S/C16H17FN2O/c1-3-19(13-7-4-11(2)5-8-13)16(20)14-10-12(18)6-9-15(14)17/h4-10H,3,18H2,1-2H3. The second-order valence-corrected chi connectivity index (χ2v) is 4.62. The Morgan fingerprint density at radius 1 is 1.20 bits per heavy atom. The highest BCUT2D eigenvalue weighted by molar-refractivity contribution is 6.06. The molecule has 0 aliphatic rings. The molecular weight excluding hydrogens is 255 g/mol. The van der Waals surface area contributed by atoms with E-state index in [1.54, 1.807) is 0 Å². The SMILES string of the molecule is CCN(C(=O)c1cc(N)ccc1F)c1ccc(C)cc1. The number of halogens is 1. The first-order chi connectivity index (χ1) is 9.52. The molecule has 0 fully saturated rings. The second kappa shape index (κ2) is 5.74. The van der Waals surface area contributed by atoms with Crippen LogP contribution in [-0.4, -0.2) is 12.5 Å². The van der Waals surface area contributed by atoms with Gasteiger partial charge in [-0.05, 0) is 44.2 Å².